The molecule has 0 radical (unpaired) electrons. The fourth-order valence-corrected chi connectivity index (χ4v) is 2.32. The number of aliphatic carboxylic acids is 1. The molecule has 8 heteroatoms. The molecule has 0 saturated carbocycles. The minimum absolute atomic E-state index is 0.0426. The van der Waals surface area contributed by atoms with Crippen LogP contribution in [0.15, 0.2) is 0 Å². The summed E-state index contributed by atoms with van der Waals surface area (Å²) >= 11 is 0. The summed E-state index contributed by atoms with van der Waals surface area (Å²) in [5.74, 6) is -1.05. The van der Waals surface area contributed by atoms with E-state index < -0.39 is 36.6 Å². The molecule has 1 rings (SSSR count). The summed E-state index contributed by atoms with van der Waals surface area (Å²) in [6.07, 6.45) is -0.779. The van der Waals surface area contributed by atoms with Crippen molar-refractivity contribution in [3.63, 3.8) is 0 Å². The Labute approximate surface area is 124 Å². The second-order valence-electron chi connectivity index (χ2n) is 5.10. The van der Waals surface area contributed by atoms with Crippen LogP contribution in [0.3, 0.4) is 0 Å². The number of aliphatic hydroxyl groups excluding tert-OH is 1. The van der Waals surface area contributed by atoms with Crippen LogP contribution < -0.4 is 16.6 Å². The SMILES string of the molecule is CO[C@H]1OC(CN)[C@@H](OCCCCCC(=O)[O-])[C@H](O)C1N. The molecule has 124 valence electrons. The molecule has 1 saturated heterocycles. The van der Waals surface area contributed by atoms with E-state index >= 15 is 0 Å². The highest BCUT2D eigenvalue weighted by atomic mass is 16.7. The van der Waals surface area contributed by atoms with Gasteiger partial charge in [0.15, 0.2) is 6.29 Å². The van der Waals surface area contributed by atoms with E-state index in [1.54, 1.807) is 0 Å². The van der Waals surface area contributed by atoms with Crippen LogP contribution in [0.25, 0.3) is 0 Å². The lowest BCUT2D eigenvalue weighted by atomic mass is 9.97. The van der Waals surface area contributed by atoms with Gasteiger partial charge in [0.25, 0.3) is 0 Å². The number of carboxylic acid groups (broad SMARTS) is 1. The largest absolute Gasteiger partial charge is 0.550 e. The first-order valence-electron chi connectivity index (χ1n) is 7.14. The van der Waals surface area contributed by atoms with Crippen molar-refractivity contribution in [1.29, 1.82) is 0 Å². The molecule has 0 aliphatic carbocycles. The normalized spacial score (nSPS) is 33.0. The van der Waals surface area contributed by atoms with Crippen LogP contribution in [-0.2, 0) is 19.0 Å². The van der Waals surface area contributed by atoms with Gasteiger partial charge in [0.05, 0.1) is 6.04 Å². The van der Waals surface area contributed by atoms with Gasteiger partial charge in [-0.1, -0.05) is 6.42 Å². The predicted octanol–water partition coefficient (Wildman–Crippen LogP) is -2.30. The third-order valence-corrected chi connectivity index (χ3v) is 3.52. The van der Waals surface area contributed by atoms with E-state index in [1.165, 1.54) is 7.11 Å². The zero-order chi connectivity index (χ0) is 15.8. The highest BCUT2D eigenvalue weighted by Gasteiger charge is 2.43. The summed E-state index contributed by atoms with van der Waals surface area (Å²) in [6, 6.07) is -0.708. The first-order chi connectivity index (χ1) is 10.0. The van der Waals surface area contributed by atoms with Crippen LogP contribution in [-0.4, -0.2) is 62.0 Å². The van der Waals surface area contributed by atoms with Crippen LogP contribution in [0.5, 0.6) is 0 Å². The van der Waals surface area contributed by atoms with E-state index in [0.29, 0.717) is 25.9 Å². The fourth-order valence-electron chi connectivity index (χ4n) is 2.32. The summed E-state index contributed by atoms with van der Waals surface area (Å²) in [4.78, 5) is 10.3. The first-order valence-corrected chi connectivity index (χ1v) is 7.14. The van der Waals surface area contributed by atoms with E-state index in [0.717, 1.165) is 0 Å². The number of unbranched alkanes of at least 4 members (excludes halogenated alkanes) is 2. The molecule has 0 spiro atoms. The maximum Gasteiger partial charge on any atom is 0.175 e. The molecular weight excluding hydrogens is 280 g/mol. The standard InChI is InChI=1S/C13H26N2O6/c1-19-13-10(15)11(18)12(8(7-14)21-13)20-6-4-2-3-5-9(16)17/h8,10-13,18H,2-7,14-15H2,1H3,(H,16,17)/p-1/t8?,10?,11-,12-,13+/m1/s1. The first kappa shape index (κ1) is 18.3. The van der Waals surface area contributed by atoms with Crippen molar-refractivity contribution >= 4 is 5.97 Å². The van der Waals surface area contributed by atoms with Gasteiger partial charge in [-0.05, 0) is 19.3 Å². The van der Waals surface area contributed by atoms with Gasteiger partial charge in [0.2, 0.25) is 0 Å². The molecule has 8 nitrogen and oxygen atoms in total. The molecule has 1 fully saturated rings. The van der Waals surface area contributed by atoms with Crippen LogP contribution in [0, 0.1) is 0 Å². The molecule has 0 amide bonds. The molecule has 5 N–H and O–H groups in total. The molecule has 0 aromatic heterocycles. The quantitative estimate of drug-likeness (QED) is 0.404. The Hall–Kier alpha value is -0.770. The lowest BCUT2D eigenvalue weighted by Gasteiger charge is -2.42. The highest BCUT2D eigenvalue weighted by molar-refractivity contribution is 5.63. The van der Waals surface area contributed by atoms with E-state index in [9.17, 15) is 15.0 Å². The van der Waals surface area contributed by atoms with Crippen molar-refractivity contribution < 1.29 is 29.2 Å². The molecule has 2 unspecified atom stereocenters. The smallest absolute Gasteiger partial charge is 0.175 e. The number of carbonyl (C=O) groups is 1. The van der Waals surface area contributed by atoms with Gasteiger partial charge in [-0.3, -0.25) is 0 Å². The summed E-state index contributed by atoms with van der Waals surface area (Å²) in [5.41, 5.74) is 11.5. The molecule has 1 heterocycles. The number of hydrogen-bond donors (Lipinski definition) is 3. The second-order valence-corrected chi connectivity index (χ2v) is 5.10. The minimum Gasteiger partial charge on any atom is -0.550 e. The Morgan fingerprint density at radius 2 is 2.10 bits per heavy atom. The number of rotatable bonds is 9. The number of carbonyl (C=O) groups excluding carboxylic acids is 1. The Kier molecular flexibility index (Phi) is 8.09. The molecule has 0 bridgehead atoms. The van der Waals surface area contributed by atoms with Crippen LogP contribution in [0.2, 0.25) is 0 Å². The Morgan fingerprint density at radius 3 is 2.67 bits per heavy atom. The minimum atomic E-state index is -1.05. The zero-order valence-corrected chi connectivity index (χ0v) is 12.3. The number of nitrogens with two attached hydrogens (primary N) is 2. The number of ether oxygens (including phenoxy) is 3. The molecule has 0 aromatic rings. The van der Waals surface area contributed by atoms with Gasteiger partial charge in [0, 0.05) is 26.2 Å². The molecule has 21 heavy (non-hydrogen) atoms. The number of carboxylic acids is 1. The van der Waals surface area contributed by atoms with E-state index in [4.69, 9.17) is 25.7 Å². The summed E-state index contributed by atoms with van der Waals surface area (Å²) in [5, 5.41) is 20.4. The van der Waals surface area contributed by atoms with Crippen molar-refractivity contribution in [2.24, 2.45) is 11.5 Å². The van der Waals surface area contributed by atoms with Crippen molar-refractivity contribution in [3.05, 3.63) is 0 Å². The summed E-state index contributed by atoms with van der Waals surface area (Å²) < 4.78 is 16.2. The lowest BCUT2D eigenvalue weighted by molar-refractivity contribution is -0.305. The third kappa shape index (κ3) is 5.50. The fraction of sp³-hybridized carbons (Fsp3) is 0.923. The average molecular weight is 305 g/mol. The van der Waals surface area contributed by atoms with Gasteiger partial charge >= 0.3 is 0 Å². The van der Waals surface area contributed by atoms with Gasteiger partial charge in [-0.2, -0.15) is 0 Å². The maximum absolute atomic E-state index is 10.3. The Bertz CT molecular complexity index is 315. The highest BCUT2D eigenvalue weighted by Crippen LogP contribution is 2.22. The van der Waals surface area contributed by atoms with Crippen LogP contribution in [0.1, 0.15) is 25.7 Å². The van der Waals surface area contributed by atoms with Crippen LogP contribution in [0.4, 0.5) is 0 Å². The van der Waals surface area contributed by atoms with Gasteiger partial charge in [-0.15, -0.1) is 0 Å². The zero-order valence-electron chi connectivity index (χ0n) is 12.3. The number of methoxy groups -OCH3 is 1. The monoisotopic (exact) mass is 305 g/mol. The maximum atomic E-state index is 10.3. The number of aliphatic hydroxyl groups is 1. The molecule has 1 aliphatic rings. The lowest BCUT2D eigenvalue weighted by Crippen LogP contribution is -2.63. The van der Waals surface area contributed by atoms with E-state index in [-0.39, 0.29) is 13.0 Å². The van der Waals surface area contributed by atoms with Crippen LogP contribution >= 0.6 is 0 Å². The van der Waals surface area contributed by atoms with Crippen molar-refractivity contribution in [1.82, 2.24) is 0 Å². The van der Waals surface area contributed by atoms with Crippen molar-refractivity contribution in [3.8, 4) is 0 Å². The summed E-state index contributed by atoms with van der Waals surface area (Å²) in [6.45, 7) is 0.554. The Balaban J connectivity index is 2.36. The average Bonchev–Trinajstić information content (AvgIpc) is 2.46. The predicted molar refractivity (Wildman–Crippen MR) is 71.9 cm³/mol. The van der Waals surface area contributed by atoms with Gasteiger partial charge in [-0.25, -0.2) is 0 Å². The van der Waals surface area contributed by atoms with E-state index in [2.05, 4.69) is 0 Å². The van der Waals surface area contributed by atoms with Gasteiger partial charge in [0.1, 0.15) is 18.3 Å². The summed E-state index contributed by atoms with van der Waals surface area (Å²) in [7, 11) is 1.45. The molecule has 0 aromatic carbocycles. The molecular formula is C13H25N2O6-. The molecule has 1 aliphatic heterocycles. The van der Waals surface area contributed by atoms with Crippen molar-refractivity contribution in [2.45, 2.75) is 56.3 Å². The third-order valence-electron chi connectivity index (χ3n) is 3.52. The topological polar surface area (TPSA) is 140 Å². The van der Waals surface area contributed by atoms with Gasteiger partial charge < -0.3 is 40.7 Å². The van der Waals surface area contributed by atoms with Crippen molar-refractivity contribution in [2.75, 3.05) is 20.3 Å². The molecule has 5 atom stereocenters. The second kappa shape index (κ2) is 9.29. The van der Waals surface area contributed by atoms with E-state index in [1.807, 2.05) is 0 Å². The Morgan fingerprint density at radius 1 is 1.38 bits per heavy atom. The number of hydrogen-bond acceptors (Lipinski definition) is 8.